The van der Waals surface area contributed by atoms with Crippen molar-refractivity contribution in [3.05, 3.63) is 18.6 Å². The van der Waals surface area contributed by atoms with Gasteiger partial charge in [0.2, 0.25) is 0 Å². The Hall–Kier alpha value is -1.69. The van der Waals surface area contributed by atoms with E-state index in [0.717, 1.165) is 18.9 Å². The SMILES string of the molecule is O=C(O)[C@@]12CN(c3cnccn3)C[C@@H]1CN(C1CCCC1)C2. The normalized spacial score (nSPS) is 32.5. The Morgan fingerprint density at radius 3 is 2.68 bits per heavy atom. The van der Waals surface area contributed by atoms with E-state index in [9.17, 15) is 9.90 Å². The lowest BCUT2D eigenvalue weighted by Gasteiger charge is -2.29. The summed E-state index contributed by atoms with van der Waals surface area (Å²) in [6.45, 7) is 2.92. The summed E-state index contributed by atoms with van der Waals surface area (Å²) in [5, 5.41) is 9.91. The Balaban J connectivity index is 1.56. The Bertz CT molecular complexity index is 561. The van der Waals surface area contributed by atoms with Crippen molar-refractivity contribution >= 4 is 11.8 Å². The van der Waals surface area contributed by atoms with Crippen LogP contribution >= 0.6 is 0 Å². The third-order valence-electron chi connectivity index (χ3n) is 5.78. The van der Waals surface area contributed by atoms with Gasteiger partial charge in [0.1, 0.15) is 11.2 Å². The fourth-order valence-electron chi connectivity index (χ4n) is 4.58. The van der Waals surface area contributed by atoms with Crippen molar-refractivity contribution in [1.29, 1.82) is 0 Å². The summed E-state index contributed by atoms with van der Waals surface area (Å²) in [5.41, 5.74) is -0.639. The van der Waals surface area contributed by atoms with E-state index in [1.54, 1.807) is 18.6 Å². The summed E-state index contributed by atoms with van der Waals surface area (Å²) in [6, 6.07) is 0.604. The molecule has 3 heterocycles. The Morgan fingerprint density at radius 1 is 1.23 bits per heavy atom. The molecule has 2 atom stereocenters. The summed E-state index contributed by atoms with van der Waals surface area (Å²) in [4.78, 5) is 25.0. The van der Waals surface area contributed by atoms with Crippen molar-refractivity contribution in [2.75, 3.05) is 31.1 Å². The molecule has 22 heavy (non-hydrogen) atoms. The lowest BCUT2D eigenvalue weighted by atomic mass is 9.81. The van der Waals surface area contributed by atoms with Gasteiger partial charge in [-0.25, -0.2) is 4.98 Å². The average molecular weight is 302 g/mol. The zero-order valence-electron chi connectivity index (χ0n) is 12.7. The number of carbonyl (C=O) groups is 1. The van der Waals surface area contributed by atoms with Crippen LogP contribution in [0.2, 0.25) is 0 Å². The lowest BCUT2D eigenvalue weighted by Crippen LogP contribution is -2.42. The van der Waals surface area contributed by atoms with Crippen LogP contribution in [-0.2, 0) is 4.79 Å². The average Bonchev–Trinajstić information content (AvgIpc) is 3.22. The van der Waals surface area contributed by atoms with Gasteiger partial charge in [-0.1, -0.05) is 12.8 Å². The molecule has 3 aliphatic rings. The van der Waals surface area contributed by atoms with Crippen LogP contribution in [0.25, 0.3) is 0 Å². The van der Waals surface area contributed by atoms with Gasteiger partial charge in [0.05, 0.1) is 6.20 Å². The first kappa shape index (κ1) is 13.9. The second-order valence-electron chi connectivity index (χ2n) is 6.97. The molecule has 6 nitrogen and oxygen atoms in total. The van der Waals surface area contributed by atoms with Crippen LogP contribution in [0.1, 0.15) is 25.7 Å². The van der Waals surface area contributed by atoms with E-state index in [1.807, 2.05) is 0 Å². The molecule has 1 aliphatic carbocycles. The Labute approximate surface area is 130 Å². The molecule has 3 fully saturated rings. The Kier molecular flexibility index (Phi) is 3.29. The summed E-state index contributed by atoms with van der Waals surface area (Å²) < 4.78 is 0. The number of aliphatic carboxylic acids is 1. The molecule has 0 radical (unpaired) electrons. The van der Waals surface area contributed by atoms with Crippen molar-refractivity contribution in [2.45, 2.75) is 31.7 Å². The van der Waals surface area contributed by atoms with Crippen molar-refractivity contribution in [3.8, 4) is 0 Å². The third-order valence-corrected chi connectivity index (χ3v) is 5.78. The molecule has 4 rings (SSSR count). The van der Waals surface area contributed by atoms with Crippen LogP contribution in [0.4, 0.5) is 5.82 Å². The molecule has 0 bridgehead atoms. The quantitative estimate of drug-likeness (QED) is 0.906. The van der Waals surface area contributed by atoms with Crippen LogP contribution in [0.5, 0.6) is 0 Å². The van der Waals surface area contributed by atoms with E-state index in [0.29, 0.717) is 19.1 Å². The Morgan fingerprint density at radius 2 is 2.05 bits per heavy atom. The molecule has 0 amide bonds. The highest BCUT2D eigenvalue weighted by Crippen LogP contribution is 2.45. The van der Waals surface area contributed by atoms with E-state index in [2.05, 4.69) is 19.8 Å². The van der Waals surface area contributed by atoms with Gasteiger partial charge in [-0.2, -0.15) is 0 Å². The first-order valence-electron chi connectivity index (χ1n) is 8.17. The molecule has 1 aromatic heterocycles. The van der Waals surface area contributed by atoms with Crippen molar-refractivity contribution < 1.29 is 9.90 Å². The maximum atomic E-state index is 12.1. The minimum atomic E-state index is -0.649. The van der Waals surface area contributed by atoms with E-state index in [4.69, 9.17) is 0 Å². The first-order valence-corrected chi connectivity index (χ1v) is 8.17. The number of carboxylic acid groups (broad SMARTS) is 1. The van der Waals surface area contributed by atoms with Gasteiger partial charge in [-0.3, -0.25) is 14.7 Å². The highest BCUT2D eigenvalue weighted by molar-refractivity contribution is 5.78. The van der Waals surface area contributed by atoms with Crippen LogP contribution in [0.15, 0.2) is 18.6 Å². The maximum absolute atomic E-state index is 12.1. The van der Waals surface area contributed by atoms with Gasteiger partial charge < -0.3 is 10.0 Å². The van der Waals surface area contributed by atoms with E-state index >= 15 is 0 Å². The molecule has 1 aromatic rings. The number of likely N-dealkylation sites (tertiary alicyclic amines) is 1. The summed E-state index contributed by atoms with van der Waals surface area (Å²) in [7, 11) is 0. The lowest BCUT2D eigenvalue weighted by molar-refractivity contribution is -0.148. The second kappa shape index (κ2) is 5.19. The largest absolute Gasteiger partial charge is 0.481 e. The van der Waals surface area contributed by atoms with Gasteiger partial charge in [0.15, 0.2) is 0 Å². The highest BCUT2D eigenvalue weighted by atomic mass is 16.4. The van der Waals surface area contributed by atoms with Gasteiger partial charge in [-0.05, 0) is 12.8 Å². The standard InChI is InChI=1S/C16H22N4O2/c21-15(22)16-10-19(13-3-1-2-4-13)8-12(16)9-20(11-16)14-7-17-5-6-18-14/h5-7,12-13H,1-4,8-11H2,(H,21,22)/t12-,16-/m0/s1. The van der Waals surface area contributed by atoms with Crippen LogP contribution < -0.4 is 4.90 Å². The molecule has 6 heteroatoms. The van der Waals surface area contributed by atoms with Crippen LogP contribution in [-0.4, -0.2) is 58.2 Å². The number of fused-ring (bicyclic) bond motifs is 1. The molecule has 1 N–H and O–H groups in total. The molecular formula is C16H22N4O2. The van der Waals surface area contributed by atoms with Gasteiger partial charge in [0.25, 0.3) is 0 Å². The predicted molar refractivity (Wildman–Crippen MR) is 81.6 cm³/mol. The molecule has 2 aliphatic heterocycles. The second-order valence-corrected chi connectivity index (χ2v) is 6.97. The number of carboxylic acids is 1. The van der Waals surface area contributed by atoms with Crippen molar-refractivity contribution in [2.24, 2.45) is 11.3 Å². The van der Waals surface area contributed by atoms with Gasteiger partial charge >= 0.3 is 5.97 Å². The predicted octanol–water partition coefficient (Wildman–Crippen LogP) is 1.24. The topological polar surface area (TPSA) is 69.6 Å². The number of anilines is 1. The summed E-state index contributed by atoms with van der Waals surface area (Å²) in [6.07, 6.45) is 10.1. The number of nitrogens with zero attached hydrogens (tertiary/aromatic N) is 4. The van der Waals surface area contributed by atoms with Gasteiger partial charge in [0, 0.05) is 50.5 Å². The molecular weight excluding hydrogens is 280 g/mol. The number of aromatic nitrogens is 2. The van der Waals surface area contributed by atoms with Crippen LogP contribution in [0.3, 0.4) is 0 Å². The van der Waals surface area contributed by atoms with Gasteiger partial charge in [-0.15, -0.1) is 0 Å². The smallest absolute Gasteiger partial charge is 0.313 e. The molecule has 0 unspecified atom stereocenters. The summed E-state index contributed by atoms with van der Waals surface area (Å²) >= 11 is 0. The fourth-order valence-corrected chi connectivity index (χ4v) is 4.58. The van der Waals surface area contributed by atoms with Crippen molar-refractivity contribution in [3.63, 3.8) is 0 Å². The zero-order valence-corrected chi connectivity index (χ0v) is 12.7. The van der Waals surface area contributed by atoms with E-state index in [-0.39, 0.29) is 5.92 Å². The molecule has 0 aromatic carbocycles. The number of rotatable bonds is 3. The molecule has 118 valence electrons. The summed E-state index contributed by atoms with van der Waals surface area (Å²) in [5.74, 6) is 0.335. The first-order chi connectivity index (χ1) is 10.7. The molecule has 1 saturated carbocycles. The maximum Gasteiger partial charge on any atom is 0.313 e. The van der Waals surface area contributed by atoms with E-state index in [1.165, 1.54) is 25.7 Å². The van der Waals surface area contributed by atoms with Crippen LogP contribution in [0, 0.1) is 11.3 Å². The minimum absolute atomic E-state index is 0.188. The number of hydrogen-bond donors (Lipinski definition) is 1. The number of hydrogen-bond acceptors (Lipinski definition) is 5. The van der Waals surface area contributed by atoms with E-state index < -0.39 is 11.4 Å². The molecule has 2 saturated heterocycles. The minimum Gasteiger partial charge on any atom is -0.481 e. The monoisotopic (exact) mass is 302 g/mol. The highest BCUT2D eigenvalue weighted by Gasteiger charge is 2.58. The molecule has 0 spiro atoms. The third kappa shape index (κ3) is 2.08. The zero-order chi connectivity index (χ0) is 15.2. The fraction of sp³-hybridized carbons (Fsp3) is 0.688. The van der Waals surface area contributed by atoms with Crippen molar-refractivity contribution in [1.82, 2.24) is 14.9 Å².